The summed E-state index contributed by atoms with van der Waals surface area (Å²) in [5.74, 6) is 0.747. The first-order chi connectivity index (χ1) is 4.52. The van der Waals surface area contributed by atoms with Gasteiger partial charge in [-0.25, -0.2) is 0 Å². The van der Waals surface area contributed by atoms with E-state index in [1.54, 1.807) is 0 Å². The third-order valence-electron chi connectivity index (χ3n) is 1.19. The summed E-state index contributed by atoms with van der Waals surface area (Å²) in [6.45, 7) is 5.94. The van der Waals surface area contributed by atoms with Crippen LogP contribution < -0.4 is 5.73 Å². The van der Waals surface area contributed by atoms with E-state index in [-0.39, 0.29) is 11.8 Å². The molecule has 0 aliphatic rings. The van der Waals surface area contributed by atoms with Gasteiger partial charge in [-0.1, -0.05) is 13.8 Å². The zero-order chi connectivity index (χ0) is 8.15. The molecule has 0 bridgehead atoms. The van der Waals surface area contributed by atoms with Crippen molar-refractivity contribution in [3.05, 3.63) is 0 Å². The lowest BCUT2D eigenvalue weighted by Crippen LogP contribution is -2.20. The zero-order valence-electron chi connectivity index (χ0n) is 7.05. The molecule has 0 aliphatic heterocycles. The van der Waals surface area contributed by atoms with Crippen LogP contribution in [-0.4, -0.2) is 11.8 Å². The number of rotatable bonds is 4. The van der Waals surface area contributed by atoms with E-state index in [4.69, 9.17) is 5.73 Å². The van der Waals surface area contributed by atoms with E-state index in [0.29, 0.717) is 18.8 Å². The number of hydrogen-bond acceptors (Lipinski definition) is 2. The first-order valence-corrected chi connectivity index (χ1v) is 3.79. The van der Waals surface area contributed by atoms with E-state index < -0.39 is 0 Å². The maximum Gasteiger partial charge on any atom is 0.134 e. The van der Waals surface area contributed by atoms with Crippen LogP contribution in [0.25, 0.3) is 0 Å². The highest BCUT2D eigenvalue weighted by atomic mass is 16.1. The minimum absolute atomic E-state index is 0.0197. The van der Waals surface area contributed by atoms with Crippen molar-refractivity contribution >= 4 is 5.78 Å². The van der Waals surface area contributed by atoms with Gasteiger partial charge in [0.15, 0.2) is 0 Å². The Hall–Kier alpha value is -0.370. The molecule has 0 saturated heterocycles. The molecule has 0 saturated carbocycles. The smallest absolute Gasteiger partial charge is 0.134 e. The van der Waals surface area contributed by atoms with Crippen molar-refractivity contribution in [1.29, 1.82) is 0 Å². The second kappa shape index (κ2) is 4.45. The molecule has 2 heteroatoms. The Morgan fingerprint density at radius 2 is 1.80 bits per heavy atom. The Kier molecular flexibility index (Phi) is 4.28. The van der Waals surface area contributed by atoms with Crippen molar-refractivity contribution in [2.75, 3.05) is 0 Å². The van der Waals surface area contributed by atoms with Crippen molar-refractivity contribution in [3.8, 4) is 0 Å². The lowest BCUT2D eigenvalue weighted by molar-refractivity contribution is -0.119. The van der Waals surface area contributed by atoms with E-state index >= 15 is 0 Å². The third-order valence-corrected chi connectivity index (χ3v) is 1.19. The van der Waals surface area contributed by atoms with E-state index in [2.05, 4.69) is 0 Å². The number of carbonyl (C=O) groups is 1. The molecule has 2 nitrogen and oxygen atoms in total. The largest absolute Gasteiger partial charge is 0.328 e. The van der Waals surface area contributed by atoms with Crippen molar-refractivity contribution in [3.63, 3.8) is 0 Å². The van der Waals surface area contributed by atoms with Crippen LogP contribution in [0.1, 0.15) is 33.6 Å². The van der Waals surface area contributed by atoms with Crippen molar-refractivity contribution < 1.29 is 4.79 Å². The van der Waals surface area contributed by atoms with Crippen molar-refractivity contribution in [2.24, 2.45) is 11.7 Å². The second-order valence-corrected chi connectivity index (χ2v) is 3.32. The van der Waals surface area contributed by atoms with Gasteiger partial charge >= 0.3 is 0 Å². The van der Waals surface area contributed by atoms with Crippen molar-refractivity contribution in [1.82, 2.24) is 0 Å². The molecule has 0 amide bonds. The Morgan fingerprint density at radius 1 is 1.30 bits per heavy atom. The van der Waals surface area contributed by atoms with Crippen LogP contribution in [-0.2, 0) is 4.79 Å². The zero-order valence-corrected chi connectivity index (χ0v) is 7.05. The summed E-state index contributed by atoms with van der Waals surface area (Å²) in [4.78, 5) is 11.0. The molecular weight excluding hydrogens is 126 g/mol. The van der Waals surface area contributed by atoms with Gasteiger partial charge in [0, 0.05) is 18.9 Å². The maximum atomic E-state index is 11.0. The third kappa shape index (κ3) is 5.76. The summed E-state index contributed by atoms with van der Waals surface area (Å²) in [6, 6.07) is 0.0197. The van der Waals surface area contributed by atoms with Crippen LogP contribution in [0.3, 0.4) is 0 Å². The molecule has 0 fully saturated rings. The summed E-state index contributed by atoms with van der Waals surface area (Å²) in [5, 5.41) is 0. The first kappa shape index (κ1) is 9.63. The lowest BCUT2D eigenvalue weighted by atomic mass is 10.0. The first-order valence-electron chi connectivity index (χ1n) is 3.79. The molecule has 0 unspecified atom stereocenters. The molecule has 0 aromatic rings. The van der Waals surface area contributed by atoms with E-state index in [9.17, 15) is 4.79 Å². The summed E-state index contributed by atoms with van der Waals surface area (Å²) >= 11 is 0. The lowest BCUT2D eigenvalue weighted by Gasteiger charge is -2.05. The van der Waals surface area contributed by atoms with Gasteiger partial charge in [0.2, 0.25) is 0 Å². The van der Waals surface area contributed by atoms with Crippen LogP contribution >= 0.6 is 0 Å². The molecule has 0 rings (SSSR count). The van der Waals surface area contributed by atoms with Crippen LogP contribution in [0.5, 0.6) is 0 Å². The molecule has 0 spiro atoms. The fraction of sp³-hybridized carbons (Fsp3) is 0.875. The van der Waals surface area contributed by atoms with Gasteiger partial charge in [-0.3, -0.25) is 4.79 Å². The highest BCUT2D eigenvalue weighted by molar-refractivity contribution is 5.79. The molecule has 2 N–H and O–H groups in total. The summed E-state index contributed by atoms with van der Waals surface area (Å²) < 4.78 is 0. The predicted molar refractivity (Wildman–Crippen MR) is 42.7 cm³/mol. The Morgan fingerprint density at radius 3 is 2.10 bits per heavy atom. The number of nitrogens with two attached hydrogens (primary N) is 1. The highest BCUT2D eigenvalue weighted by Crippen LogP contribution is 2.03. The van der Waals surface area contributed by atoms with Crippen molar-refractivity contribution in [2.45, 2.75) is 39.7 Å². The van der Waals surface area contributed by atoms with Gasteiger partial charge in [0.25, 0.3) is 0 Å². The monoisotopic (exact) mass is 143 g/mol. The summed E-state index contributed by atoms with van der Waals surface area (Å²) in [7, 11) is 0. The van der Waals surface area contributed by atoms with Gasteiger partial charge in [0.1, 0.15) is 5.78 Å². The van der Waals surface area contributed by atoms with Crippen LogP contribution in [0.4, 0.5) is 0 Å². The Bertz CT molecular complexity index is 95.8. The normalized spacial score (nSPS) is 13.7. The van der Waals surface area contributed by atoms with Gasteiger partial charge in [-0.05, 0) is 12.8 Å². The average molecular weight is 143 g/mol. The van der Waals surface area contributed by atoms with Crippen LogP contribution in [0.15, 0.2) is 0 Å². The molecular formula is C8H17NO. The molecule has 0 aliphatic carbocycles. The van der Waals surface area contributed by atoms with Gasteiger partial charge in [-0.15, -0.1) is 0 Å². The Labute approximate surface area is 62.8 Å². The molecule has 0 heterocycles. The van der Waals surface area contributed by atoms with Gasteiger partial charge < -0.3 is 5.73 Å². The van der Waals surface area contributed by atoms with Crippen LogP contribution in [0.2, 0.25) is 0 Å². The number of ketones is 1. The highest BCUT2D eigenvalue weighted by Gasteiger charge is 2.06. The van der Waals surface area contributed by atoms with Gasteiger partial charge in [-0.2, -0.15) is 0 Å². The number of Topliss-reactive ketones (excluding diaryl/α,β-unsaturated/α-hetero) is 1. The molecule has 0 radical (unpaired) electrons. The van der Waals surface area contributed by atoms with Crippen LogP contribution in [0, 0.1) is 5.92 Å². The topological polar surface area (TPSA) is 43.1 Å². The quantitative estimate of drug-likeness (QED) is 0.645. The number of hydrogen-bond donors (Lipinski definition) is 1. The average Bonchev–Trinajstić information content (AvgIpc) is 1.58. The van der Waals surface area contributed by atoms with E-state index in [1.165, 1.54) is 0 Å². The summed E-state index contributed by atoms with van der Waals surface area (Å²) in [5.41, 5.74) is 5.45. The minimum atomic E-state index is 0.0197. The summed E-state index contributed by atoms with van der Waals surface area (Å²) in [6.07, 6.45) is 1.19. The molecule has 10 heavy (non-hydrogen) atoms. The standard InChI is InChI=1S/C8H17NO/c1-6(2)4-8(10)5-7(3)9/h6-7H,4-5,9H2,1-3H3/t7-/m0/s1. The van der Waals surface area contributed by atoms with E-state index in [0.717, 1.165) is 0 Å². The molecule has 0 aromatic heterocycles. The fourth-order valence-corrected chi connectivity index (χ4v) is 0.898. The second-order valence-electron chi connectivity index (χ2n) is 3.32. The van der Waals surface area contributed by atoms with E-state index in [1.807, 2.05) is 20.8 Å². The fourth-order valence-electron chi connectivity index (χ4n) is 0.898. The molecule has 0 aromatic carbocycles. The molecule has 1 atom stereocenters. The predicted octanol–water partition coefficient (Wildman–Crippen LogP) is 1.34. The molecule has 60 valence electrons. The van der Waals surface area contributed by atoms with Gasteiger partial charge in [0.05, 0.1) is 0 Å². The Balaban J connectivity index is 3.44. The SMILES string of the molecule is CC(C)CC(=O)C[C@H](C)N. The number of carbonyl (C=O) groups excluding carboxylic acids is 1. The minimum Gasteiger partial charge on any atom is -0.328 e. The maximum absolute atomic E-state index is 11.0.